The predicted octanol–water partition coefficient (Wildman–Crippen LogP) is 3.74. The van der Waals surface area contributed by atoms with E-state index in [4.69, 9.17) is 5.11 Å². The van der Waals surface area contributed by atoms with Crippen LogP contribution in [0.1, 0.15) is 12.0 Å². The summed E-state index contributed by atoms with van der Waals surface area (Å²) in [5.74, 6) is -0.790. The van der Waals surface area contributed by atoms with E-state index >= 15 is 0 Å². The van der Waals surface area contributed by atoms with E-state index in [0.29, 0.717) is 6.42 Å². The van der Waals surface area contributed by atoms with E-state index in [1.807, 2.05) is 42.5 Å². The third kappa shape index (κ3) is 3.40. The van der Waals surface area contributed by atoms with Crippen molar-refractivity contribution >= 4 is 29.3 Å². The van der Waals surface area contributed by atoms with Crippen molar-refractivity contribution in [3.8, 4) is 11.3 Å². The number of nitrogens with zero attached hydrogens (tertiary/aromatic N) is 2. The van der Waals surface area contributed by atoms with Gasteiger partial charge in [0.15, 0.2) is 0 Å². The lowest BCUT2D eigenvalue weighted by Crippen LogP contribution is -1.99. The SMILES string of the molecule is Cl.O=C(O)CCc1cc(-c2ccncc2)nc2ccccc12. The van der Waals surface area contributed by atoms with Crippen LogP contribution in [-0.2, 0) is 11.2 Å². The maximum atomic E-state index is 10.8. The lowest BCUT2D eigenvalue weighted by Gasteiger charge is -2.09. The molecule has 5 heteroatoms. The number of carbonyl (C=O) groups is 1. The zero-order valence-electron chi connectivity index (χ0n) is 11.8. The number of aromatic nitrogens is 2. The zero-order chi connectivity index (χ0) is 14.7. The van der Waals surface area contributed by atoms with E-state index in [1.165, 1.54) is 0 Å². The van der Waals surface area contributed by atoms with Crippen LogP contribution in [-0.4, -0.2) is 21.0 Å². The first-order valence-electron chi connectivity index (χ1n) is 6.75. The van der Waals surface area contributed by atoms with Crippen LogP contribution in [0.5, 0.6) is 0 Å². The van der Waals surface area contributed by atoms with Gasteiger partial charge in [0.2, 0.25) is 0 Å². The molecule has 0 aliphatic carbocycles. The first-order chi connectivity index (χ1) is 10.2. The van der Waals surface area contributed by atoms with E-state index in [1.54, 1.807) is 12.4 Å². The van der Waals surface area contributed by atoms with Crippen LogP contribution in [0.3, 0.4) is 0 Å². The van der Waals surface area contributed by atoms with Crippen LogP contribution >= 0.6 is 12.4 Å². The number of benzene rings is 1. The highest BCUT2D eigenvalue weighted by Crippen LogP contribution is 2.25. The predicted molar refractivity (Wildman–Crippen MR) is 88.2 cm³/mol. The Bertz CT molecular complexity index is 791. The summed E-state index contributed by atoms with van der Waals surface area (Å²) in [6, 6.07) is 13.6. The number of carboxylic acid groups (broad SMARTS) is 1. The number of fused-ring (bicyclic) bond motifs is 1. The van der Waals surface area contributed by atoms with Gasteiger partial charge in [-0.1, -0.05) is 18.2 Å². The van der Waals surface area contributed by atoms with E-state index in [9.17, 15) is 4.79 Å². The highest BCUT2D eigenvalue weighted by molar-refractivity contribution is 5.86. The Hall–Kier alpha value is -2.46. The molecule has 0 amide bonds. The van der Waals surface area contributed by atoms with Gasteiger partial charge in [0.25, 0.3) is 0 Å². The molecule has 0 spiro atoms. The lowest BCUT2D eigenvalue weighted by molar-refractivity contribution is -0.136. The summed E-state index contributed by atoms with van der Waals surface area (Å²) in [6.45, 7) is 0. The molecule has 2 aromatic heterocycles. The number of aliphatic carboxylic acids is 1. The molecule has 0 atom stereocenters. The van der Waals surface area contributed by atoms with Gasteiger partial charge in [0.05, 0.1) is 11.2 Å². The molecule has 0 radical (unpaired) electrons. The van der Waals surface area contributed by atoms with Crippen molar-refractivity contribution in [2.75, 3.05) is 0 Å². The topological polar surface area (TPSA) is 63.1 Å². The molecular weight excluding hydrogens is 300 g/mol. The molecule has 0 aliphatic heterocycles. The van der Waals surface area contributed by atoms with Crippen molar-refractivity contribution in [2.24, 2.45) is 0 Å². The molecule has 112 valence electrons. The Morgan fingerprint density at radius 1 is 1.09 bits per heavy atom. The van der Waals surface area contributed by atoms with Crippen LogP contribution in [0.4, 0.5) is 0 Å². The first-order valence-corrected chi connectivity index (χ1v) is 6.75. The Morgan fingerprint density at radius 3 is 2.55 bits per heavy atom. The second-order valence-corrected chi connectivity index (χ2v) is 4.81. The molecule has 0 fully saturated rings. The molecule has 1 N–H and O–H groups in total. The molecule has 0 bridgehead atoms. The highest BCUT2D eigenvalue weighted by atomic mass is 35.5. The van der Waals surface area contributed by atoms with Crippen molar-refractivity contribution in [3.63, 3.8) is 0 Å². The molecule has 4 nitrogen and oxygen atoms in total. The summed E-state index contributed by atoms with van der Waals surface area (Å²) in [5.41, 5.74) is 3.71. The minimum Gasteiger partial charge on any atom is -0.481 e. The van der Waals surface area contributed by atoms with E-state index in [-0.39, 0.29) is 18.8 Å². The maximum absolute atomic E-state index is 10.8. The van der Waals surface area contributed by atoms with Gasteiger partial charge in [-0.15, -0.1) is 12.4 Å². The normalized spacial score (nSPS) is 10.2. The van der Waals surface area contributed by atoms with Crippen LogP contribution < -0.4 is 0 Å². The lowest BCUT2D eigenvalue weighted by atomic mass is 10.0. The molecule has 0 aliphatic rings. The molecule has 1 aromatic carbocycles. The summed E-state index contributed by atoms with van der Waals surface area (Å²) >= 11 is 0. The summed E-state index contributed by atoms with van der Waals surface area (Å²) in [7, 11) is 0. The van der Waals surface area contributed by atoms with Crippen LogP contribution in [0.25, 0.3) is 22.2 Å². The fraction of sp³-hybridized carbons (Fsp3) is 0.118. The average Bonchev–Trinajstić information content (AvgIpc) is 2.53. The first kappa shape index (κ1) is 15.9. The van der Waals surface area contributed by atoms with E-state index < -0.39 is 5.97 Å². The summed E-state index contributed by atoms with van der Waals surface area (Å²) in [5, 5.41) is 9.92. The van der Waals surface area contributed by atoms with Gasteiger partial charge in [0.1, 0.15) is 0 Å². The van der Waals surface area contributed by atoms with Gasteiger partial charge in [-0.3, -0.25) is 9.78 Å². The molecule has 0 saturated heterocycles. The number of hydrogen-bond donors (Lipinski definition) is 1. The largest absolute Gasteiger partial charge is 0.481 e. The van der Waals surface area contributed by atoms with Crippen molar-refractivity contribution in [2.45, 2.75) is 12.8 Å². The smallest absolute Gasteiger partial charge is 0.303 e. The molecule has 22 heavy (non-hydrogen) atoms. The zero-order valence-corrected chi connectivity index (χ0v) is 12.6. The van der Waals surface area contributed by atoms with Crippen LogP contribution in [0.15, 0.2) is 54.9 Å². The maximum Gasteiger partial charge on any atom is 0.303 e. The van der Waals surface area contributed by atoms with Crippen molar-refractivity contribution in [1.29, 1.82) is 0 Å². The Kier molecular flexibility index (Phi) is 5.07. The fourth-order valence-electron chi connectivity index (χ4n) is 2.37. The van der Waals surface area contributed by atoms with Crippen molar-refractivity contribution in [3.05, 3.63) is 60.4 Å². The Morgan fingerprint density at radius 2 is 1.82 bits per heavy atom. The van der Waals surface area contributed by atoms with Gasteiger partial charge < -0.3 is 5.11 Å². The quantitative estimate of drug-likeness (QED) is 0.797. The number of aryl methyl sites for hydroxylation is 1. The molecule has 0 unspecified atom stereocenters. The van der Waals surface area contributed by atoms with Crippen LogP contribution in [0, 0.1) is 0 Å². The second kappa shape index (κ2) is 7.00. The second-order valence-electron chi connectivity index (χ2n) is 4.81. The monoisotopic (exact) mass is 314 g/mol. The Labute approximate surface area is 134 Å². The number of pyridine rings is 2. The fourth-order valence-corrected chi connectivity index (χ4v) is 2.37. The molecule has 2 heterocycles. The average molecular weight is 315 g/mol. The number of halogens is 1. The molecule has 3 rings (SSSR count). The van der Waals surface area contributed by atoms with Gasteiger partial charge in [-0.05, 0) is 36.2 Å². The third-order valence-electron chi connectivity index (χ3n) is 3.39. The summed E-state index contributed by atoms with van der Waals surface area (Å²) in [4.78, 5) is 19.5. The standard InChI is InChI=1S/C17H14N2O2.ClH/c20-17(21)6-5-13-11-16(12-7-9-18-10-8-12)19-15-4-2-1-3-14(13)15;/h1-4,7-11H,5-6H2,(H,20,21);1H. The van der Waals surface area contributed by atoms with Crippen molar-refractivity contribution < 1.29 is 9.90 Å². The molecule has 0 saturated carbocycles. The van der Waals surface area contributed by atoms with Crippen LogP contribution in [0.2, 0.25) is 0 Å². The number of para-hydroxylation sites is 1. The summed E-state index contributed by atoms with van der Waals surface area (Å²) in [6.07, 6.45) is 4.06. The summed E-state index contributed by atoms with van der Waals surface area (Å²) < 4.78 is 0. The molecular formula is C17H15ClN2O2. The minimum absolute atomic E-state index is 0. The van der Waals surface area contributed by atoms with E-state index in [2.05, 4.69) is 9.97 Å². The number of carboxylic acids is 1. The number of rotatable bonds is 4. The van der Waals surface area contributed by atoms with Gasteiger partial charge in [-0.2, -0.15) is 0 Å². The van der Waals surface area contributed by atoms with Gasteiger partial charge in [-0.25, -0.2) is 4.98 Å². The van der Waals surface area contributed by atoms with Gasteiger partial charge >= 0.3 is 5.97 Å². The third-order valence-corrected chi connectivity index (χ3v) is 3.39. The molecule has 3 aromatic rings. The van der Waals surface area contributed by atoms with E-state index in [0.717, 1.165) is 27.7 Å². The van der Waals surface area contributed by atoms with Gasteiger partial charge in [0, 0.05) is 29.8 Å². The highest BCUT2D eigenvalue weighted by Gasteiger charge is 2.08. The van der Waals surface area contributed by atoms with Crippen molar-refractivity contribution in [1.82, 2.24) is 9.97 Å². The minimum atomic E-state index is -0.790. The Balaban J connectivity index is 0.00000176. The number of hydrogen-bond acceptors (Lipinski definition) is 3.